The maximum atomic E-state index is 12.3. The van der Waals surface area contributed by atoms with Gasteiger partial charge in [-0.3, -0.25) is 0 Å². The van der Waals surface area contributed by atoms with Crippen LogP contribution in [0, 0.1) is 6.92 Å². The third-order valence-electron chi connectivity index (χ3n) is 4.32. The van der Waals surface area contributed by atoms with E-state index >= 15 is 0 Å². The van der Waals surface area contributed by atoms with E-state index in [0.717, 1.165) is 11.2 Å². The zero-order valence-electron chi connectivity index (χ0n) is 13.6. The van der Waals surface area contributed by atoms with Gasteiger partial charge in [-0.15, -0.1) is 0 Å². The highest BCUT2D eigenvalue weighted by molar-refractivity contribution is 7.89. The second-order valence-electron chi connectivity index (χ2n) is 5.74. The molecule has 0 aliphatic carbocycles. The van der Waals surface area contributed by atoms with Crippen LogP contribution in [0.4, 0.5) is 0 Å². The molecule has 0 aliphatic rings. The van der Waals surface area contributed by atoms with Crippen molar-refractivity contribution >= 4 is 32.5 Å². The van der Waals surface area contributed by atoms with Crippen molar-refractivity contribution in [3.63, 3.8) is 0 Å². The molecule has 0 saturated heterocycles. The Hall–Kier alpha value is -1.82. The topological polar surface area (TPSA) is 51.1 Å². The van der Waals surface area contributed by atoms with E-state index in [1.54, 1.807) is 12.1 Å². The summed E-state index contributed by atoms with van der Waals surface area (Å²) in [5.41, 5.74) is 3.49. The van der Waals surface area contributed by atoms with E-state index in [1.807, 2.05) is 19.2 Å². The number of hydrogen-bond donors (Lipinski definition) is 1. The Morgan fingerprint density at radius 2 is 1.75 bits per heavy atom. The largest absolute Gasteiger partial charge is 0.348 e. The molecule has 0 saturated carbocycles. The van der Waals surface area contributed by atoms with Gasteiger partial charge in [0.1, 0.15) is 0 Å². The van der Waals surface area contributed by atoms with E-state index in [-0.39, 0.29) is 4.90 Å². The van der Waals surface area contributed by atoms with E-state index in [9.17, 15) is 8.42 Å². The first-order valence-corrected chi connectivity index (χ1v) is 9.54. The first kappa shape index (κ1) is 17.0. The van der Waals surface area contributed by atoms with Gasteiger partial charge in [-0.1, -0.05) is 29.8 Å². The maximum absolute atomic E-state index is 12.3. The summed E-state index contributed by atoms with van der Waals surface area (Å²) in [6, 6.07) is 14.3. The summed E-state index contributed by atoms with van der Waals surface area (Å²) in [4.78, 5) is 0.224. The Labute approximate surface area is 147 Å². The molecular weight excluding hydrogens is 344 g/mol. The normalized spacial score (nSPS) is 12.0. The van der Waals surface area contributed by atoms with Crippen LogP contribution in [0.15, 0.2) is 53.4 Å². The van der Waals surface area contributed by atoms with Gasteiger partial charge < -0.3 is 4.57 Å². The predicted molar refractivity (Wildman–Crippen MR) is 98.0 cm³/mol. The van der Waals surface area contributed by atoms with Crippen LogP contribution in [0.25, 0.3) is 10.9 Å². The number of aryl methyl sites for hydroxylation is 1. The average Bonchev–Trinajstić information content (AvgIpc) is 2.80. The van der Waals surface area contributed by atoms with Gasteiger partial charge in [0, 0.05) is 35.2 Å². The minimum atomic E-state index is -3.52. The van der Waals surface area contributed by atoms with Crippen LogP contribution >= 0.6 is 11.6 Å². The van der Waals surface area contributed by atoms with Gasteiger partial charge in [-0.25, -0.2) is 13.1 Å². The van der Waals surface area contributed by atoms with Crippen LogP contribution in [0.5, 0.6) is 0 Å². The second kappa shape index (κ2) is 6.59. The Kier molecular flexibility index (Phi) is 4.67. The molecule has 1 N–H and O–H groups in total. The number of hydrogen-bond acceptors (Lipinski definition) is 2. The zero-order valence-corrected chi connectivity index (χ0v) is 15.2. The fourth-order valence-corrected chi connectivity index (χ4v) is 4.08. The number of fused-ring (bicyclic) bond motifs is 1. The van der Waals surface area contributed by atoms with Gasteiger partial charge in [-0.05, 0) is 49.2 Å². The van der Waals surface area contributed by atoms with Crippen molar-refractivity contribution in [3.05, 3.63) is 64.8 Å². The summed E-state index contributed by atoms with van der Waals surface area (Å²) in [7, 11) is -1.50. The SMILES string of the molecule is Cc1c(CCNS(=O)(=O)c2ccc(Cl)cc2)c2ccccc2n1C. The van der Waals surface area contributed by atoms with E-state index < -0.39 is 10.0 Å². The minimum absolute atomic E-state index is 0.224. The van der Waals surface area contributed by atoms with E-state index in [4.69, 9.17) is 11.6 Å². The van der Waals surface area contributed by atoms with Crippen LogP contribution < -0.4 is 4.72 Å². The number of nitrogens with zero attached hydrogens (tertiary/aromatic N) is 1. The predicted octanol–water partition coefficient (Wildman–Crippen LogP) is 3.66. The Balaban J connectivity index is 1.77. The van der Waals surface area contributed by atoms with Crippen LogP contribution in [0.1, 0.15) is 11.3 Å². The van der Waals surface area contributed by atoms with Gasteiger partial charge in [-0.2, -0.15) is 0 Å². The molecule has 0 atom stereocenters. The molecule has 0 unspecified atom stereocenters. The molecule has 0 amide bonds. The van der Waals surface area contributed by atoms with Gasteiger partial charge in [0.25, 0.3) is 0 Å². The third-order valence-corrected chi connectivity index (χ3v) is 6.05. The van der Waals surface area contributed by atoms with Gasteiger partial charge >= 0.3 is 0 Å². The Morgan fingerprint density at radius 3 is 2.46 bits per heavy atom. The first-order valence-electron chi connectivity index (χ1n) is 7.68. The molecule has 0 fully saturated rings. The lowest BCUT2D eigenvalue weighted by Crippen LogP contribution is -2.26. The molecule has 1 aromatic heterocycles. The smallest absolute Gasteiger partial charge is 0.240 e. The lowest BCUT2D eigenvalue weighted by molar-refractivity contribution is 0.581. The highest BCUT2D eigenvalue weighted by atomic mass is 35.5. The average molecular weight is 363 g/mol. The summed E-state index contributed by atoms with van der Waals surface area (Å²) >= 11 is 5.80. The van der Waals surface area contributed by atoms with Crippen molar-refractivity contribution in [1.82, 2.24) is 9.29 Å². The number of aromatic nitrogens is 1. The summed E-state index contributed by atoms with van der Waals surface area (Å²) in [5, 5.41) is 1.68. The minimum Gasteiger partial charge on any atom is -0.348 e. The number of halogens is 1. The molecule has 1 heterocycles. The Bertz CT molecular complexity index is 976. The number of benzene rings is 2. The van der Waals surface area contributed by atoms with Crippen LogP contribution in [-0.4, -0.2) is 19.5 Å². The van der Waals surface area contributed by atoms with Crippen molar-refractivity contribution in [2.24, 2.45) is 7.05 Å². The standard InChI is InChI=1S/C18H19ClN2O2S/c1-13-16(17-5-3-4-6-18(17)21(13)2)11-12-20-24(22,23)15-9-7-14(19)8-10-15/h3-10,20H,11-12H2,1-2H3. The molecule has 0 spiro atoms. The van der Waals surface area contributed by atoms with E-state index in [0.29, 0.717) is 18.0 Å². The fraction of sp³-hybridized carbons (Fsp3) is 0.222. The van der Waals surface area contributed by atoms with Crippen LogP contribution in [0.3, 0.4) is 0 Å². The molecule has 3 aromatic rings. The first-order chi connectivity index (χ1) is 11.4. The van der Waals surface area contributed by atoms with Crippen LogP contribution in [-0.2, 0) is 23.5 Å². The maximum Gasteiger partial charge on any atom is 0.240 e. The third kappa shape index (κ3) is 3.20. The number of sulfonamides is 1. The van der Waals surface area contributed by atoms with E-state index in [2.05, 4.69) is 28.3 Å². The number of nitrogens with one attached hydrogen (secondary N) is 1. The zero-order chi connectivity index (χ0) is 17.3. The second-order valence-corrected chi connectivity index (χ2v) is 7.95. The van der Waals surface area contributed by atoms with Crippen molar-refractivity contribution in [2.75, 3.05) is 6.54 Å². The molecular formula is C18H19ClN2O2S. The lowest BCUT2D eigenvalue weighted by Gasteiger charge is -2.07. The summed E-state index contributed by atoms with van der Waals surface area (Å²) in [6.07, 6.45) is 0.639. The molecule has 2 aromatic carbocycles. The molecule has 0 bridgehead atoms. The van der Waals surface area contributed by atoms with Crippen molar-refractivity contribution in [1.29, 1.82) is 0 Å². The summed E-state index contributed by atoms with van der Waals surface area (Å²) in [6.45, 7) is 2.41. The highest BCUT2D eigenvalue weighted by Crippen LogP contribution is 2.25. The number of para-hydroxylation sites is 1. The lowest BCUT2D eigenvalue weighted by atomic mass is 10.1. The molecule has 3 rings (SSSR count). The van der Waals surface area contributed by atoms with Crippen LogP contribution in [0.2, 0.25) is 5.02 Å². The monoisotopic (exact) mass is 362 g/mol. The fourth-order valence-electron chi connectivity index (χ4n) is 2.92. The van der Waals surface area contributed by atoms with E-state index in [1.165, 1.54) is 23.1 Å². The molecule has 24 heavy (non-hydrogen) atoms. The molecule has 6 heteroatoms. The van der Waals surface area contributed by atoms with Crippen molar-refractivity contribution in [2.45, 2.75) is 18.2 Å². The quantitative estimate of drug-likeness (QED) is 0.753. The Morgan fingerprint density at radius 1 is 1.08 bits per heavy atom. The molecule has 0 aliphatic heterocycles. The van der Waals surface area contributed by atoms with Gasteiger partial charge in [0.2, 0.25) is 10.0 Å². The molecule has 4 nitrogen and oxygen atoms in total. The molecule has 126 valence electrons. The summed E-state index contributed by atoms with van der Waals surface area (Å²) < 4.78 is 29.5. The number of rotatable bonds is 5. The van der Waals surface area contributed by atoms with Gasteiger partial charge in [0.15, 0.2) is 0 Å². The van der Waals surface area contributed by atoms with Crippen molar-refractivity contribution < 1.29 is 8.42 Å². The molecule has 0 radical (unpaired) electrons. The van der Waals surface area contributed by atoms with Gasteiger partial charge in [0.05, 0.1) is 4.90 Å². The van der Waals surface area contributed by atoms with Crippen molar-refractivity contribution in [3.8, 4) is 0 Å². The summed E-state index contributed by atoms with van der Waals surface area (Å²) in [5.74, 6) is 0. The highest BCUT2D eigenvalue weighted by Gasteiger charge is 2.15.